The van der Waals surface area contributed by atoms with Crippen molar-refractivity contribution in [2.45, 2.75) is 51.3 Å². The highest BCUT2D eigenvalue weighted by molar-refractivity contribution is 8.00. The van der Waals surface area contributed by atoms with Gasteiger partial charge in [-0.25, -0.2) is 14.6 Å². The Morgan fingerprint density at radius 3 is 2.72 bits per heavy atom. The van der Waals surface area contributed by atoms with Crippen molar-refractivity contribution >= 4 is 57.9 Å². The van der Waals surface area contributed by atoms with Gasteiger partial charge in [-0.05, 0) is 18.9 Å². The number of anilines is 1. The number of ether oxygens (including phenoxy) is 4. The number of nitrogens with zero attached hydrogens (tertiary/aromatic N) is 3. The normalized spacial score (nSPS) is 19.5. The van der Waals surface area contributed by atoms with E-state index < -0.39 is 41.6 Å². The quantitative estimate of drug-likeness (QED) is 0.0853. The molecule has 214 valence electrons. The van der Waals surface area contributed by atoms with Crippen LogP contribution in [0.2, 0.25) is 0 Å². The Balaban J connectivity index is 1.71. The molecule has 1 fully saturated rings. The molecule has 3 rings (SSSR count). The number of carbonyl (C=O) groups excluding carboxylic acids is 4. The summed E-state index contributed by atoms with van der Waals surface area (Å²) in [7, 11) is 1.45. The second kappa shape index (κ2) is 14.1. The molecule has 2 unspecified atom stereocenters. The summed E-state index contributed by atoms with van der Waals surface area (Å²) in [6.45, 7) is 5.46. The van der Waals surface area contributed by atoms with Crippen molar-refractivity contribution in [2.75, 3.05) is 38.4 Å². The van der Waals surface area contributed by atoms with Crippen LogP contribution in [0, 0.1) is 0 Å². The summed E-state index contributed by atoms with van der Waals surface area (Å²) >= 11 is 2.47. The van der Waals surface area contributed by atoms with E-state index in [1.165, 1.54) is 30.7 Å². The number of nitrogen functional groups attached to an aromatic ring is 1. The van der Waals surface area contributed by atoms with Gasteiger partial charge in [-0.3, -0.25) is 14.5 Å². The number of fused-ring (bicyclic) bond motifs is 1. The fraction of sp³-hybridized carbons (Fsp3) is 0.565. The molecule has 1 aromatic rings. The molecule has 3 atom stereocenters. The summed E-state index contributed by atoms with van der Waals surface area (Å²) in [5.41, 5.74) is 6.24. The van der Waals surface area contributed by atoms with Crippen LogP contribution in [0.4, 0.5) is 9.93 Å². The summed E-state index contributed by atoms with van der Waals surface area (Å²) in [6, 6.07) is -0.959. The molecule has 39 heavy (non-hydrogen) atoms. The standard InChI is InChI=1S/C23H31N5O9S2/c1-5-7-8-34-23(32)37-12(3)36-21(31)17-13(9-33-4)10-38-20-16(19(30)28(17)20)26-18(29)15(27-35-6-2)14-11-39-22(24)25-14/h11-12,16,20H,5-10H2,1-4H3,(H2,24,25)(H,26,29)/b27-15+/t12?,16?,20-/m1/s1. The summed E-state index contributed by atoms with van der Waals surface area (Å²) in [5, 5.41) is 7.67. The number of thiazole rings is 1. The number of esters is 1. The predicted molar refractivity (Wildman–Crippen MR) is 142 cm³/mol. The summed E-state index contributed by atoms with van der Waals surface area (Å²) in [4.78, 5) is 61.5. The van der Waals surface area contributed by atoms with Crippen molar-refractivity contribution in [2.24, 2.45) is 5.16 Å². The lowest BCUT2D eigenvalue weighted by Gasteiger charge is -2.49. The molecule has 0 aromatic carbocycles. The monoisotopic (exact) mass is 585 g/mol. The Hall–Kier alpha value is -3.37. The van der Waals surface area contributed by atoms with Crippen LogP contribution in [0.15, 0.2) is 21.8 Å². The number of nitrogens with two attached hydrogens (primary N) is 1. The molecule has 0 aliphatic carbocycles. The highest BCUT2D eigenvalue weighted by Crippen LogP contribution is 2.41. The number of carbonyl (C=O) groups is 4. The summed E-state index contributed by atoms with van der Waals surface area (Å²) in [5.74, 6) is -1.78. The lowest BCUT2D eigenvalue weighted by molar-refractivity contribution is -0.169. The van der Waals surface area contributed by atoms with Gasteiger partial charge < -0.3 is 34.8 Å². The lowest BCUT2D eigenvalue weighted by Crippen LogP contribution is -2.71. The van der Waals surface area contributed by atoms with E-state index in [-0.39, 0.29) is 42.1 Å². The number of oxime groups is 1. The Bertz CT molecular complexity index is 1140. The van der Waals surface area contributed by atoms with E-state index in [9.17, 15) is 19.2 Å². The topological polar surface area (TPSA) is 181 Å². The maximum absolute atomic E-state index is 13.2. The number of hydrogen-bond acceptors (Lipinski definition) is 14. The molecular formula is C23H31N5O9S2. The SMILES string of the molecule is CCCCOC(=O)OC(C)OC(=O)C1=C(COC)CS[C@@H]2C(NC(=O)/C(=N/OCC)c3csc(N)n3)C(=O)N12. The van der Waals surface area contributed by atoms with Gasteiger partial charge in [-0.1, -0.05) is 18.5 Å². The van der Waals surface area contributed by atoms with E-state index >= 15 is 0 Å². The zero-order valence-electron chi connectivity index (χ0n) is 22.0. The second-order valence-corrected chi connectivity index (χ2v) is 10.2. The minimum Gasteiger partial charge on any atom is -0.434 e. The number of aromatic nitrogens is 1. The Kier molecular flexibility index (Phi) is 10.9. The van der Waals surface area contributed by atoms with Crippen molar-refractivity contribution in [1.29, 1.82) is 0 Å². The van der Waals surface area contributed by atoms with Crippen LogP contribution in [0.5, 0.6) is 0 Å². The third-order valence-corrected chi connectivity index (χ3v) is 7.38. The number of methoxy groups -OCH3 is 1. The molecule has 0 bridgehead atoms. The van der Waals surface area contributed by atoms with Gasteiger partial charge in [0.05, 0.1) is 13.2 Å². The first kappa shape index (κ1) is 30.2. The Labute approximate surface area is 233 Å². The van der Waals surface area contributed by atoms with Crippen molar-refractivity contribution in [3.05, 3.63) is 22.3 Å². The molecule has 2 aliphatic rings. The van der Waals surface area contributed by atoms with E-state index in [2.05, 4.69) is 15.5 Å². The minimum absolute atomic E-state index is 0.0265. The van der Waals surface area contributed by atoms with Crippen LogP contribution in [-0.2, 0) is 38.2 Å². The van der Waals surface area contributed by atoms with Gasteiger partial charge in [0.2, 0.25) is 6.29 Å². The number of β-lactam (4-membered cyclic amide) rings is 1. The predicted octanol–water partition coefficient (Wildman–Crippen LogP) is 1.61. The van der Waals surface area contributed by atoms with E-state index in [1.54, 1.807) is 12.3 Å². The summed E-state index contributed by atoms with van der Waals surface area (Å²) < 4.78 is 20.4. The number of hydrogen-bond donors (Lipinski definition) is 2. The number of rotatable bonds is 13. The molecule has 3 heterocycles. The maximum atomic E-state index is 13.2. The van der Waals surface area contributed by atoms with Crippen LogP contribution >= 0.6 is 23.1 Å². The Morgan fingerprint density at radius 1 is 1.31 bits per heavy atom. The number of thioether (sulfide) groups is 1. The fourth-order valence-corrected chi connectivity index (χ4v) is 5.47. The van der Waals surface area contributed by atoms with Gasteiger partial charge in [0.15, 0.2) is 10.8 Å². The highest BCUT2D eigenvalue weighted by Gasteiger charge is 2.55. The zero-order chi connectivity index (χ0) is 28.5. The number of amides is 2. The number of unbranched alkanes of at least 4 members (excludes halogenated alkanes) is 1. The first-order chi connectivity index (χ1) is 18.7. The van der Waals surface area contributed by atoms with Gasteiger partial charge >= 0.3 is 12.1 Å². The lowest BCUT2D eigenvalue weighted by atomic mass is 10.0. The third kappa shape index (κ3) is 7.39. The molecule has 1 saturated heterocycles. The minimum atomic E-state index is -1.27. The van der Waals surface area contributed by atoms with E-state index in [0.717, 1.165) is 17.8 Å². The zero-order valence-corrected chi connectivity index (χ0v) is 23.6. The smallest absolute Gasteiger partial charge is 0.434 e. The van der Waals surface area contributed by atoms with E-state index in [4.69, 9.17) is 29.5 Å². The largest absolute Gasteiger partial charge is 0.511 e. The molecule has 0 saturated carbocycles. The van der Waals surface area contributed by atoms with Gasteiger partial charge in [-0.2, -0.15) is 0 Å². The molecule has 0 radical (unpaired) electrons. The third-order valence-electron chi connectivity index (χ3n) is 5.36. The molecule has 14 nitrogen and oxygen atoms in total. The molecule has 0 spiro atoms. The van der Waals surface area contributed by atoms with Gasteiger partial charge in [-0.15, -0.1) is 23.1 Å². The van der Waals surface area contributed by atoms with Crippen LogP contribution in [-0.4, -0.2) is 89.9 Å². The molecular weight excluding hydrogens is 554 g/mol. The molecule has 2 amide bonds. The fourth-order valence-electron chi connectivity index (χ4n) is 3.60. The van der Waals surface area contributed by atoms with Gasteiger partial charge in [0, 0.05) is 25.2 Å². The molecule has 1 aromatic heterocycles. The van der Waals surface area contributed by atoms with E-state index in [1.807, 2.05) is 6.92 Å². The van der Waals surface area contributed by atoms with Crippen molar-refractivity contribution in [1.82, 2.24) is 15.2 Å². The average molecular weight is 586 g/mol. The van der Waals surface area contributed by atoms with E-state index in [0.29, 0.717) is 17.7 Å². The van der Waals surface area contributed by atoms with Gasteiger partial charge in [0.25, 0.3) is 11.8 Å². The maximum Gasteiger partial charge on any atom is 0.511 e. The molecule has 2 aliphatic heterocycles. The van der Waals surface area contributed by atoms with Crippen LogP contribution in [0.25, 0.3) is 0 Å². The first-order valence-corrected chi connectivity index (χ1v) is 14.1. The Morgan fingerprint density at radius 2 is 2.08 bits per heavy atom. The van der Waals surface area contributed by atoms with Crippen LogP contribution in [0.1, 0.15) is 39.3 Å². The highest BCUT2D eigenvalue weighted by atomic mass is 32.2. The van der Waals surface area contributed by atoms with Crippen molar-refractivity contribution in [3.8, 4) is 0 Å². The molecule has 16 heteroatoms. The van der Waals surface area contributed by atoms with Crippen molar-refractivity contribution in [3.63, 3.8) is 0 Å². The van der Waals surface area contributed by atoms with Crippen LogP contribution < -0.4 is 11.1 Å². The second-order valence-electron chi connectivity index (χ2n) is 8.22. The number of nitrogens with one attached hydrogen (secondary N) is 1. The molecule has 3 N–H and O–H groups in total. The van der Waals surface area contributed by atoms with Crippen LogP contribution in [0.3, 0.4) is 0 Å². The summed E-state index contributed by atoms with van der Waals surface area (Å²) in [6.07, 6.45) is -0.744. The average Bonchev–Trinajstić information content (AvgIpc) is 3.33. The first-order valence-electron chi connectivity index (χ1n) is 12.1. The van der Waals surface area contributed by atoms with Crippen molar-refractivity contribution < 1.29 is 43.0 Å². The van der Waals surface area contributed by atoms with Gasteiger partial charge in [0.1, 0.15) is 29.4 Å².